The van der Waals surface area contributed by atoms with Crippen LogP contribution in [0.25, 0.3) is 55.3 Å². The third-order valence-corrected chi connectivity index (χ3v) is 7.03. The van der Waals surface area contributed by atoms with Gasteiger partial charge in [0.15, 0.2) is 11.5 Å². The van der Waals surface area contributed by atoms with Crippen LogP contribution in [0.5, 0.6) is 0 Å². The average Bonchev–Trinajstić information content (AvgIpc) is 3.60. The van der Waals surface area contributed by atoms with Gasteiger partial charge in [-0.05, 0) is 50.5 Å². The van der Waals surface area contributed by atoms with Gasteiger partial charge in [0.25, 0.3) is 0 Å². The monoisotopic (exact) mass is 528 g/mol. The highest BCUT2D eigenvalue weighted by atomic mass is 35.5. The molecule has 6 rings (SSSR count). The molecule has 1 aromatic carbocycles. The molecule has 0 radical (unpaired) electrons. The highest BCUT2D eigenvalue weighted by molar-refractivity contribution is 7.19. The summed E-state index contributed by atoms with van der Waals surface area (Å²) in [4.78, 5) is 32.5. The van der Waals surface area contributed by atoms with Gasteiger partial charge in [-0.3, -0.25) is 14.9 Å². The minimum absolute atomic E-state index is 0.112. The number of hydrogen-bond acceptors (Lipinski definition) is 7. The molecule has 6 aromatic rings. The number of benzene rings is 1. The van der Waals surface area contributed by atoms with Gasteiger partial charge in [0, 0.05) is 22.2 Å². The van der Waals surface area contributed by atoms with Gasteiger partial charge in [-0.1, -0.05) is 23.7 Å². The first kappa shape index (κ1) is 23.3. The van der Waals surface area contributed by atoms with Crippen LogP contribution in [0.1, 0.15) is 0 Å². The first-order chi connectivity index (χ1) is 17.9. The van der Waals surface area contributed by atoms with Gasteiger partial charge in [-0.2, -0.15) is 5.10 Å². The van der Waals surface area contributed by atoms with Gasteiger partial charge in [-0.15, -0.1) is 11.3 Å². The van der Waals surface area contributed by atoms with Gasteiger partial charge in [-0.25, -0.2) is 9.97 Å². The summed E-state index contributed by atoms with van der Waals surface area (Å²) in [6, 6.07) is 15.6. The first-order valence-electron chi connectivity index (χ1n) is 11.4. The maximum absolute atomic E-state index is 12.2. The van der Waals surface area contributed by atoms with Crippen molar-refractivity contribution in [1.29, 1.82) is 0 Å². The van der Waals surface area contributed by atoms with Gasteiger partial charge in [0.2, 0.25) is 5.91 Å². The number of halogens is 1. The van der Waals surface area contributed by atoms with E-state index >= 15 is 0 Å². The Balaban J connectivity index is 1.38. The molecule has 184 valence electrons. The maximum atomic E-state index is 12.2. The molecule has 1 amide bonds. The lowest BCUT2D eigenvalue weighted by Gasteiger charge is -2.10. The van der Waals surface area contributed by atoms with Gasteiger partial charge < -0.3 is 15.2 Å². The molecule has 5 heterocycles. The number of imidazole rings is 1. The number of aromatic amines is 2. The molecule has 11 heteroatoms. The SMILES string of the molecule is CN(C)CC(=O)Nc1cncc(-c2ccc3[nH]nc(-c4nc5c(-c6ccc(Cl)s6)cccc5[nH]4)c3n2)c1. The van der Waals surface area contributed by atoms with Crippen LogP contribution in [-0.4, -0.2) is 61.6 Å². The van der Waals surface area contributed by atoms with E-state index in [-0.39, 0.29) is 12.5 Å². The molecule has 0 aliphatic carbocycles. The van der Waals surface area contributed by atoms with Crippen molar-refractivity contribution in [2.75, 3.05) is 26.0 Å². The number of aromatic nitrogens is 6. The van der Waals surface area contributed by atoms with Crippen LogP contribution >= 0.6 is 22.9 Å². The van der Waals surface area contributed by atoms with Crippen molar-refractivity contribution in [3.05, 3.63) is 65.3 Å². The molecule has 37 heavy (non-hydrogen) atoms. The standard InChI is InChI=1S/C26H21ClN8OS/c1-35(2)13-22(36)29-15-10-14(11-28-12-15)17-6-7-19-24(30-17)25(34-33-19)26-31-18-5-3-4-16(23(18)32-26)20-8-9-21(27)37-20/h3-12H,13H2,1-2H3,(H,29,36)(H,31,32)(H,33,34). The molecule has 0 saturated heterocycles. The molecule has 0 aliphatic heterocycles. The Hall–Kier alpha value is -4.12. The zero-order valence-corrected chi connectivity index (χ0v) is 21.5. The van der Waals surface area contributed by atoms with E-state index in [1.54, 1.807) is 17.3 Å². The van der Waals surface area contributed by atoms with Crippen molar-refractivity contribution in [3.8, 4) is 33.2 Å². The summed E-state index contributed by atoms with van der Waals surface area (Å²) in [5.74, 6) is 0.502. The van der Waals surface area contributed by atoms with E-state index in [0.717, 1.165) is 36.9 Å². The highest BCUT2D eigenvalue weighted by Gasteiger charge is 2.17. The molecule has 3 N–H and O–H groups in total. The fourth-order valence-electron chi connectivity index (χ4n) is 4.16. The number of nitrogens with zero attached hydrogens (tertiary/aromatic N) is 5. The minimum Gasteiger partial charge on any atom is -0.336 e. The number of thiophene rings is 1. The van der Waals surface area contributed by atoms with Crippen molar-refractivity contribution in [3.63, 3.8) is 0 Å². The number of carbonyl (C=O) groups is 1. The Kier molecular flexibility index (Phi) is 5.91. The Morgan fingerprint density at radius 1 is 1.05 bits per heavy atom. The Labute approximate surface area is 220 Å². The predicted octanol–water partition coefficient (Wildman–Crippen LogP) is 5.45. The molecule has 5 aromatic heterocycles. The van der Waals surface area contributed by atoms with Crippen molar-refractivity contribution in [2.45, 2.75) is 0 Å². The Bertz CT molecular complexity index is 1770. The van der Waals surface area contributed by atoms with E-state index in [9.17, 15) is 4.79 Å². The van der Waals surface area contributed by atoms with E-state index in [4.69, 9.17) is 21.6 Å². The van der Waals surface area contributed by atoms with E-state index < -0.39 is 0 Å². The number of H-pyrrole nitrogens is 2. The number of carbonyl (C=O) groups excluding carboxylic acids is 1. The van der Waals surface area contributed by atoms with E-state index in [1.165, 1.54) is 11.3 Å². The van der Waals surface area contributed by atoms with Crippen LogP contribution < -0.4 is 5.32 Å². The van der Waals surface area contributed by atoms with Gasteiger partial charge in [0.1, 0.15) is 5.52 Å². The molecular weight excluding hydrogens is 508 g/mol. The average molecular weight is 529 g/mol. The quantitative estimate of drug-likeness (QED) is 0.265. The lowest BCUT2D eigenvalue weighted by Crippen LogP contribution is -2.27. The molecule has 0 aliphatic rings. The molecule has 0 unspecified atom stereocenters. The normalized spacial score (nSPS) is 11.6. The fraction of sp³-hybridized carbons (Fsp3) is 0.115. The molecule has 0 bridgehead atoms. The Morgan fingerprint density at radius 2 is 1.95 bits per heavy atom. The summed E-state index contributed by atoms with van der Waals surface area (Å²) in [5.41, 5.74) is 6.92. The molecule has 0 atom stereocenters. The van der Waals surface area contributed by atoms with Crippen molar-refractivity contribution in [1.82, 2.24) is 35.0 Å². The van der Waals surface area contributed by atoms with Crippen LogP contribution in [0.3, 0.4) is 0 Å². The third-order valence-electron chi connectivity index (χ3n) is 5.76. The van der Waals surface area contributed by atoms with Gasteiger partial charge >= 0.3 is 0 Å². The van der Waals surface area contributed by atoms with Crippen LogP contribution in [0, 0.1) is 0 Å². The number of anilines is 1. The summed E-state index contributed by atoms with van der Waals surface area (Å²) in [6.45, 7) is 0.283. The maximum Gasteiger partial charge on any atom is 0.238 e. The third kappa shape index (κ3) is 4.57. The van der Waals surface area contributed by atoms with Crippen LogP contribution in [0.2, 0.25) is 4.34 Å². The lowest BCUT2D eigenvalue weighted by atomic mass is 10.1. The molecule has 0 fully saturated rings. The number of para-hydroxylation sites is 1. The highest BCUT2D eigenvalue weighted by Crippen LogP contribution is 2.36. The molecule has 9 nitrogen and oxygen atoms in total. The van der Waals surface area contributed by atoms with Crippen LogP contribution in [0.15, 0.2) is 60.9 Å². The first-order valence-corrected chi connectivity index (χ1v) is 12.6. The van der Waals surface area contributed by atoms with E-state index in [1.807, 2.05) is 62.6 Å². The number of hydrogen-bond donors (Lipinski definition) is 3. The van der Waals surface area contributed by atoms with Crippen molar-refractivity contribution in [2.24, 2.45) is 0 Å². The fourth-order valence-corrected chi connectivity index (χ4v) is 5.23. The largest absolute Gasteiger partial charge is 0.336 e. The van der Waals surface area contributed by atoms with Crippen LogP contribution in [-0.2, 0) is 4.79 Å². The molecule has 0 spiro atoms. The second-order valence-electron chi connectivity index (χ2n) is 8.80. The van der Waals surface area contributed by atoms with Gasteiger partial charge in [0.05, 0.1) is 45.0 Å². The lowest BCUT2D eigenvalue weighted by molar-refractivity contribution is -0.116. The van der Waals surface area contributed by atoms with Crippen molar-refractivity contribution >= 4 is 56.6 Å². The molecular formula is C26H21ClN8OS. The van der Waals surface area contributed by atoms with Crippen molar-refractivity contribution < 1.29 is 4.79 Å². The zero-order chi connectivity index (χ0) is 25.5. The topological polar surface area (TPSA) is 115 Å². The summed E-state index contributed by atoms with van der Waals surface area (Å²) in [5, 5.41) is 10.4. The summed E-state index contributed by atoms with van der Waals surface area (Å²) in [7, 11) is 3.69. The van der Waals surface area contributed by atoms with Crippen LogP contribution in [0.4, 0.5) is 5.69 Å². The number of rotatable bonds is 6. The van der Waals surface area contributed by atoms with E-state index in [2.05, 4.69) is 25.5 Å². The summed E-state index contributed by atoms with van der Waals surface area (Å²) >= 11 is 7.69. The minimum atomic E-state index is -0.112. The molecule has 0 saturated carbocycles. The number of likely N-dealkylation sites (N-methyl/N-ethyl adjacent to an activating group) is 1. The number of nitrogens with one attached hydrogen (secondary N) is 3. The second-order valence-corrected chi connectivity index (χ2v) is 10.5. The second kappa shape index (κ2) is 9.40. The number of amides is 1. The summed E-state index contributed by atoms with van der Waals surface area (Å²) < 4.78 is 0.730. The summed E-state index contributed by atoms with van der Waals surface area (Å²) in [6.07, 6.45) is 3.33. The number of pyridine rings is 2. The predicted molar refractivity (Wildman–Crippen MR) is 148 cm³/mol. The smallest absolute Gasteiger partial charge is 0.238 e. The number of fused-ring (bicyclic) bond motifs is 2. The Morgan fingerprint density at radius 3 is 2.76 bits per heavy atom. The van der Waals surface area contributed by atoms with E-state index in [0.29, 0.717) is 28.4 Å². The zero-order valence-electron chi connectivity index (χ0n) is 19.9.